The van der Waals surface area contributed by atoms with Crippen LogP contribution in [-0.2, 0) is 0 Å². The predicted molar refractivity (Wildman–Crippen MR) is 99.8 cm³/mol. The van der Waals surface area contributed by atoms with Gasteiger partial charge in [-0.25, -0.2) is 4.79 Å². The maximum atomic E-state index is 12.6. The number of carbonyl (C=O) groups excluding carboxylic acids is 2. The van der Waals surface area contributed by atoms with Gasteiger partial charge in [-0.1, -0.05) is 36.4 Å². The van der Waals surface area contributed by atoms with Gasteiger partial charge in [-0.05, 0) is 41.6 Å². The Labute approximate surface area is 154 Å². The maximum absolute atomic E-state index is 12.6. The first kappa shape index (κ1) is 16.3. The van der Waals surface area contributed by atoms with Crippen molar-refractivity contribution < 1.29 is 19.1 Å². The van der Waals surface area contributed by atoms with E-state index < -0.39 is 5.97 Å². The fourth-order valence-electron chi connectivity index (χ4n) is 2.79. The van der Waals surface area contributed by atoms with Gasteiger partial charge in [0.2, 0.25) is 5.78 Å². The molecule has 0 spiro atoms. The van der Waals surface area contributed by atoms with Gasteiger partial charge >= 0.3 is 5.97 Å². The summed E-state index contributed by atoms with van der Waals surface area (Å²) in [5.74, 6) is 0.428. The second-order valence-electron chi connectivity index (χ2n) is 5.83. The average molecular weight is 362 g/mol. The van der Waals surface area contributed by atoms with Crippen molar-refractivity contribution >= 4 is 29.2 Å². The molecule has 0 atom stereocenters. The van der Waals surface area contributed by atoms with Crippen LogP contribution < -0.4 is 9.47 Å². The highest BCUT2D eigenvalue weighted by atomic mass is 32.1. The number of carbonyl (C=O) groups is 2. The fourth-order valence-corrected chi connectivity index (χ4v) is 3.39. The number of allylic oxidation sites excluding steroid dienone is 1. The summed E-state index contributed by atoms with van der Waals surface area (Å²) in [7, 11) is 0. The molecule has 4 nitrogen and oxygen atoms in total. The number of hydrogen-bond acceptors (Lipinski definition) is 5. The fraction of sp³-hybridized carbons (Fsp3) is 0.0476. The highest BCUT2D eigenvalue weighted by Gasteiger charge is 2.30. The summed E-state index contributed by atoms with van der Waals surface area (Å²) in [6, 6.07) is 16.2. The van der Waals surface area contributed by atoms with E-state index >= 15 is 0 Å². The van der Waals surface area contributed by atoms with Crippen LogP contribution in [0.3, 0.4) is 0 Å². The van der Waals surface area contributed by atoms with Crippen molar-refractivity contribution in [1.29, 1.82) is 0 Å². The quantitative estimate of drug-likeness (QED) is 0.378. The average Bonchev–Trinajstić information content (AvgIpc) is 3.25. The van der Waals surface area contributed by atoms with Gasteiger partial charge in [-0.15, -0.1) is 11.3 Å². The molecule has 0 N–H and O–H groups in total. The molecule has 5 heteroatoms. The normalized spacial score (nSPS) is 14.2. The third-order valence-electron chi connectivity index (χ3n) is 3.97. The van der Waals surface area contributed by atoms with E-state index in [-0.39, 0.29) is 11.5 Å². The van der Waals surface area contributed by atoms with Gasteiger partial charge in [0.15, 0.2) is 5.76 Å². The highest BCUT2D eigenvalue weighted by molar-refractivity contribution is 7.12. The summed E-state index contributed by atoms with van der Waals surface area (Å²) in [4.78, 5) is 25.3. The second kappa shape index (κ2) is 6.61. The standard InChI is InChI=1S/C21H14O4S/c1-13-10-15(24-21(23)18-8-5-9-26-18)12-16-19(13)20(22)17(25-16)11-14-6-3-2-4-7-14/h2-12H,1H3/b17-11-. The minimum Gasteiger partial charge on any atom is -0.452 e. The SMILES string of the molecule is Cc1cc(OC(=O)c2cccs2)cc2c1C(=O)/C(=C/c1ccccc1)O2. The van der Waals surface area contributed by atoms with Crippen LogP contribution in [0.2, 0.25) is 0 Å². The number of aryl methyl sites for hydroxylation is 1. The molecule has 3 aromatic rings. The Balaban J connectivity index is 1.63. The molecular formula is C21H14O4S. The van der Waals surface area contributed by atoms with Gasteiger partial charge in [-0.2, -0.15) is 0 Å². The van der Waals surface area contributed by atoms with E-state index in [0.717, 1.165) is 5.56 Å². The lowest BCUT2D eigenvalue weighted by atomic mass is 10.0. The number of ketones is 1. The zero-order valence-corrected chi connectivity index (χ0v) is 14.7. The Morgan fingerprint density at radius 2 is 1.92 bits per heavy atom. The van der Waals surface area contributed by atoms with Crippen LogP contribution in [0, 0.1) is 6.92 Å². The number of Topliss-reactive ketones (excluding diaryl/α,β-unsaturated/α-hetero) is 1. The molecular weight excluding hydrogens is 348 g/mol. The van der Waals surface area contributed by atoms with Crippen molar-refractivity contribution in [2.45, 2.75) is 6.92 Å². The number of hydrogen-bond donors (Lipinski definition) is 0. The van der Waals surface area contributed by atoms with E-state index in [0.29, 0.717) is 27.5 Å². The van der Waals surface area contributed by atoms with E-state index in [4.69, 9.17) is 9.47 Å². The molecule has 1 aliphatic rings. The third-order valence-corrected chi connectivity index (χ3v) is 4.82. The lowest BCUT2D eigenvalue weighted by molar-refractivity contribution is 0.0739. The molecule has 0 unspecified atom stereocenters. The zero-order valence-electron chi connectivity index (χ0n) is 13.9. The lowest BCUT2D eigenvalue weighted by Crippen LogP contribution is -2.06. The Hall–Kier alpha value is -3.18. The molecule has 1 aliphatic heterocycles. The molecule has 0 aliphatic carbocycles. The molecule has 0 amide bonds. The lowest BCUT2D eigenvalue weighted by Gasteiger charge is -2.06. The molecule has 2 heterocycles. The van der Waals surface area contributed by atoms with E-state index in [9.17, 15) is 9.59 Å². The smallest absolute Gasteiger partial charge is 0.353 e. The number of benzene rings is 2. The van der Waals surface area contributed by atoms with Crippen molar-refractivity contribution in [3.63, 3.8) is 0 Å². The Kier molecular flexibility index (Phi) is 4.14. The number of fused-ring (bicyclic) bond motifs is 1. The summed E-state index contributed by atoms with van der Waals surface area (Å²) in [6.07, 6.45) is 1.71. The molecule has 0 fully saturated rings. The molecule has 128 valence electrons. The Bertz CT molecular complexity index is 1020. The molecule has 4 rings (SSSR count). The Morgan fingerprint density at radius 3 is 2.65 bits per heavy atom. The largest absolute Gasteiger partial charge is 0.452 e. The van der Waals surface area contributed by atoms with E-state index in [1.165, 1.54) is 11.3 Å². The maximum Gasteiger partial charge on any atom is 0.353 e. The molecule has 0 radical (unpaired) electrons. The van der Waals surface area contributed by atoms with Gasteiger partial charge in [0.05, 0.1) is 5.56 Å². The first-order valence-electron chi connectivity index (χ1n) is 8.01. The van der Waals surface area contributed by atoms with Crippen LogP contribution in [0.5, 0.6) is 11.5 Å². The predicted octanol–water partition coefficient (Wildman–Crippen LogP) is 4.89. The first-order valence-corrected chi connectivity index (χ1v) is 8.89. The van der Waals surface area contributed by atoms with Crippen LogP contribution >= 0.6 is 11.3 Å². The molecule has 0 saturated heterocycles. The number of ether oxygens (including phenoxy) is 2. The van der Waals surface area contributed by atoms with Crippen molar-refractivity contribution in [3.05, 3.63) is 87.3 Å². The van der Waals surface area contributed by atoms with Gasteiger partial charge in [0, 0.05) is 6.07 Å². The zero-order chi connectivity index (χ0) is 18.1. The van der Waals surface area contributed by atoms with Crippen LogP contribution in [0.25, 0.3) is 6.08 Å². The summed E-state index contributed by atoms with van der Waals surface area (Å²) in [6.45, 7) is 1.80. The van der Waals surface area contributed by atoms with Crippen molar-refractivity contribution in [3.8, 4) is 11.5 Å². The van der Waals surface area contributed by atoms with Crippen molar-refractivity contribution in [2.75, 3.05) is 0 Å². The summed E-state index contributed by atoms with van der Waals surface area (Å²) in [5, 5.41) is 1.81. The van der Waals surface area contributed by atoms with E-state index in [2.05, 4.69) is 0 Å². The summed E-state index contributed by atoms with van der Waals surface area (Å²) >= 11 is 1.31. The molecule has 1 aromatic heterocycles. The monoisotopic (exact) mass is 362 g/mol. The number of thiophene rings is 1. The molecule has 0 saturated carbocycles. The molecule has 2 aromatic carbocycles. The Morgan fingerprint density at radius 1 is 1.12 bits per heavy atom. The molecule has 0 bridgehead atoms. The minimum atomic E-state index is -0.427. The topological polar surface area (TPSA) is 52.6 Å². The van der Waals surface area contributed by atoms with Crippen LogP contribution in [-0.4, -0.2) is 11.8 Å². The van der Waals surface area contributed by atoms with E-state index in [1.807, 2.05) is 35.7 Å². The second-order valence-corrected chi connectivity index (χ2v) is 6.78. The van der Waals surface area contributed by atoms with Crippen molar-refractivity contribution in [2.24, 2.45) is 0 Å². The number of rotatable bonds is 3. The van der Waals surface area contributed by atoms with Crippen LogP contribution in [0.4, 0.5) is 0 Å². The number of esters is 1. The third kappa shape index (κ3) is 3.05. The summed E-state index contributed by atoms with van der Waals surface area (Å²) in [5.41, 5.74) is 2.09. The van der Waals surface area contributed by atoms with Crippen LogP contribution in [0.1, 0.15) is 31.2 Å². The molecule has 26 heavy (non-hydrogen) atoms. The summed E-state index contributed by atoms with van der Waals surface area (Å²) < 4.78 is 11.2. The van der Waals surface area contributed by atoms with Gasteiger partial charge in [0.25, 0.3) is 0 Å². The van der Waals surface area contributed by atoms with Crippen molar-refractivity contribution in [1.82, 2.24) is 0 Å². The van der Waals surface area contributed by atoms with E-state index in [1.54, 1.807) is 37.3 Å². The van der Waals surface area contributed by atoms with Gasteiger partial charge in [0.1, 0.15) is 16.4 Å². The van der Waals surface area contributed by atoms with Gasteiger partial charge in [-0.3, -0.25) is 4.79 Å². The minimum absolute atomic E-state index is 0.169. The van der Waals surface area contributed by atoms with Crippen LogP contribution in [0.15, 0.2) is 65.7 Å². The highest BCUT2D eigenvalue weighted by Crippen LogP contribution is 2.37. The van der Waals surface area contributed by atoms with Gasteiger partial charge < -0.3 is 9.47 Å². The first-order chi connectivity index (χ1) is 12.6.